The lowest BCUT2D eigenvalue weighted by Gasteiger charge is -2.26. The van der Waals surface area contributed by atoms with E-state index in [2.05, 4.69) is 4.99 Å². The number of aliphatic imine (C=N–C) groups is 1. The smallest absolute Gasteiger partial charge is 0.252 e. The van der Waals surface area contributed by atoms with Crippen molar-refractivity contribution in [2.45, 2.75) is 17.7 Å². The summed E-state index contributed by atoms with van der Waals surface area (Å²) in [5, 5.41) is 0.203. The number of halogens is 1. The maximum atomic E-state index is 13.1. The van der Waals surface area contributed by atoms with Crippen LogP contribution in [0.1, 0.15) is 5.56 Å². The average Bonchev–Trinajstić information content (AvgIpc) is 3.19. The van der Waals surface area contributed by atoms with Crippen LogP contribution in [0.3, 0.4) is 0 Å². The van der Waals surface area contributed by atoms with Crippen molar-refractivity contribution in [2.75, 3.05) is 30.6 Å². The number of carbonyl (C=O) groups excluding carboxylic acids is 1. The van der Waals surface area contributed by atoms with Gasteiger partial charge < -0.3 is 14.4 Å². The average molecular weight is 465 g/mol. The second-order valence-electron chi connectivity index (χ2n) is 7.30. The zero-order chi connectivity index (χ0) is 22.2. The van der Waals surface area contributed by atoms with Crippen LogP contribution < -0.4 is 14.4 Å². The highest BCUT2D eigenvalue weighted by Gasteiger charge is 2.50. The Kier molecular flexibility index (Phi) is 5.94. The fraction of sp³-hybridized carbons (Fsp3) is 0.333. The molecular weight excluding hydrogens is 443 g/mol. The molecule has 2 atom stereocenters. The molecule has 0 unspecified atom stereocenters. The second-order valence-corrected chi connectivity index (χ2v) is 10.7. The van der Waals surface area contributed by atoms with Crippen LogP contribution in [0.4, 0.5) is 10.1 Å². The van der Waals surface area contributed by atoms with Gasteiger partial charge in [0.15, 0.2) is 15.0 Å². The molecule has 2 heterocycles. The Bertz CT molecular complexity index is 1130. The summed E-state index contributed by atoms with van der Waals surface area (Å²) in [6, 6.07) is 10.5. The standard InChI is InChI=1S/C21H21FN2O5S2/c1-28-15-7-8-16(18(10-15)29-2)24-17-11-31(26,27)12-19(17)30-21(24)23-20(25)9-13-3-5-14(22)6-4-13/h3-8,10,17,19H,9,11-12H2,1-2H3/t17-,19-/m0/s1. The van der Waals surface area contributed by atoms with E-state index >= 15 is 0 Å². The molecule has 2 fully saturated rings. The molecule has 0 N–H and O–H groups in total. The number of fused-ring (bicyclic) bond motifs is 1. The van der Waals surface area contributed by atoms with Gasteiger partial charge in [-0.25, -0.2) is 12.8 Å². The van der Waals surface area contributed by atoms with E-state index < -0.39 is 15.7 Å². The molecule has 4 rings (SSSR count). The van der Waals surface area contributed by atoms with Crippen molar-refractivity contribution < 1.29 is 27.1 Å². The van der Waals surface area contributed by atoms with E-state index in [-0.39, 0.29) is 35.0 Å². The number of carbonyl (C=O) groups is 1. The monoisotopic (exact) mass is 464 g/mol. The van der Waals surface area contributed by atoms with Crippen molar-refractivity contribution in [1.29, 1.82) is 0 Å². The molecule has 0 bridgehead atoms. The Morgan fingerprint density at radius 3 is 2.58 bits per heavy atom. The quantitative estimate of drug-likeness (QED) is 0.673. The number of anilines is 1. The fourth-order valence-electron chi connectivity index (χ4n) is 3.75. The summed E-state index contributed by atoms with van der Waals surface area (Å²) in [7, 11) is -0.130. The van der Waals surface area contributed by atoms with E-state index in [0.29, 0.717) is 27.9 Å². The summed E-state index contributed by atoms with van der Waals surface area (Å²) in [6.07, 6.45) is 0.0194. The maximum Gasteiger partial charge on any atom is 0.252 e. The lowest BCUT2D eigenvalue weighted by Crippen LogP contribution is -2.38. The third kappa shape index (κ3) is 4.54. The molecule has 10 heteroatoms. The Morgan fingerprint density at radius 2 is 1.90 bits per heavy atom. The zero-order valence-electron chi connectivity index (χ0n) is 16.9. The number of hydrogen-bond acceptors (Lipinski definition) is 6. The minimum absolute atomic E-state index is 0.0194. The van der Waals surface area contributed by atoms with Crippen LogP contribution >= 0.6 is 11.8 Å². The first kappa shape index (κ1) is 21.6. The van der Waals surface area contributed by atoms with Gasteiger partial charge in [0.05, 0.1) is 43.9 Å². The van der Waals surface area contributed by atoms with Gasteiger partial charge in [0.2, 0.25) is 0 Å². The number of rotatable bonds is 5. The third-order valence-corrected chi connectivity index (χ3v) is 8.41. The van der Waals surface area contributed by atoms with Crippen molar-refractivity contribution in [3.63, 3.8) is 0 Å². The number of amidine groups is 1. The summed E-state index contributed by atoms with van der Waals surface area (Å²) in [5.41, 5.74) is 1.27. The predicted molar refractivity (Wildman–Crippen MR) is 118 cm³/mol. The summed E-state index contributed by atoms with van der Waals surface area (Å²) in [4.78, 5) is 18.7. The van der Waals surface area contributed by atoms with Crippen molar-refractivity contribution in [3.05, 3.63) is 53.8 Å². The van der Waals surface area contributed by atoms with Gasteiger partial charge in [-0.1, -0.05) is 23.9 Å². The number of nitrogens with zero attached hydrogens (tertiary/aromatic N) is 2. The molecule has 164 valence electrons. The fourth-order valence-corrected chi connectivity index (χ4v) is 7.68. The topological polar surface area (TPSA) is 85.3 Å². The number of hydrogen-bond donors (Lipinski definition) is 0. The van der Waals surface area contributed by atoms with Crippen LogP contribution in [0.2, 0.25) is 0 Å². The molecular formula is C21H21FN2O5S2. The van der Waals surface area contributed by atoms with Gasteiger partial charge in [0.25, 0.3) is 5.91 Å². The van der Waals surface area contributed by atoms with E-state index in [4.69, 9.17) is 9.47 Å². The number of sulfone groups is 1. The van der Waals surface area contributed by atoms with E-state index in [1.165, 1.54) is 31.0 Å². The SMILES string of the molecule is COc1ccc(N2C(=NC(=O)Cc3ccc(F)cc3)S[C@H]3CS(=O)(=O)C[C@@H]32)c(OC)c1. The highest BCUT2D eigenvalue weighted by atomic mass is 32.2. The molecule has 0 aromatic heterocycles. The number of methoxy groups -OCH3 is 2. The molecule has 0 saturated carbocycles. The van der Waals surface area contributed by atoms with Gasteiger partial charge in [0, 0.05) is 11.3 Å². The molecule has 2 aliphatic rings. The van der Waals surface area contributed by atoms with Crippen LogP contribution in [-0.2, 0) is 21.1 Å². The lowest BCUT2D eigenvalue weighted by atomic mass is 10.1. The zero-order valence-corrected chi connectivity index (χ0v) is 18.6. The van der Waals surface area contributed by atoms with E-state index in [1.807, 2.05) is 0 Å². The normalized spacial score (nSPS) is 23.1. The molecule has 2 aromatic rings. The molecule has 2 saturated heterocycles. The molecule has 2 aromatic carbocycles. The molecule has 31 heavy (non-hydrogen) atoms. The van der Waals surface area contributed by atoms with Crippen LogP contribution in [0.15, 0.2) is 47.5 Å². The largest absolute Gasteiger partial charge is 0.497 e. The van der Waals surface area contributed by atoms with E-state index in [1.54, 1.807) is 42.3 Å². The highest BCUT2D eigenvalue weighted by molar-refractivity contribution is 8.16. The Balaban J connectivity index is 1.69. The van der Waals surface area contributed by atoms with Gasteiger partial charge in [-0.05, 0) is 29.8 Å². The Labute approximate surface area is 184 Å². The van der Waals surface area contributed by atoms with Crippen molar-refractivity contribution in [2.24, 2.45) is 4.99 Å². The van der Waals surface area contributed by atoms with Gasteiger partial charge in [-0.2, -0.15) is 4.99 Å². The minimum Gasteiger partial charge on any atom is -0.497 e. The number of amides is 1. The molecule has 0 spiro atoms. The Morgan fingerprint density at radius 1 is 1.16 bits per heavy atom. The number of ether oxygens (including phenoxy) is 2. The van der Waals surface area contributed by atoms with Crippen LogP contribution in [0, 0.1) is 5.82 Å². The lowest BCUT2D eigenvalue weighted by molar-refractivity contribution is -0.117. The first-order valence-corrected chi connectivity index (χ1v) is 12.2. The van der Waals surface area contributed by atoms with E-state index in [0.717, 1.165) is 0 Å². The predicted octanol–water partition coefficient (Wildman–Crippen LogP) is 2.69. The van der Waals surface area contributed by atoms with Gasteiger partial charge >= 0.3 is 0 Å². The highest BCUT2D eigenvalue weighted by Crippen LogP contribution is 2.44. The van der Waals surface area contributed by atoms with Crippen LogP contribution in [-0.4, -0.2) is 56.5 Å². The molecule has 0 aliphatic carbocycles. The number of thioether (sulfide) groups is 1. The third-order valence-electron chi connectivity index (χ3n) is 5.20. The van der Waals surface area contributed by atoms with Crippen LogP contribution in [0.5, 0.6) is 11.5 Å². The van der Waals surface area contributed by atoms with Crippen LogP contribution in [0.25, 0.3) is 0 Å². The second kappa shape index (κ2) is 8.51. The van der Waals surface area contributed by atoms with E-state index in [9.17, 15) is 17.6 Å². The minimum atomic E-state index is -3.19. The summed E-state index contributed by atoms with van der Waals surface area (Å²) in [5.74, 6) is 0.320. The van der Waals surface area contributed by atoms with Crippen molar-refractivity contribution >= 4 is 38.4 Å². The molecule has 0 radical (unpaired) electrons. The molecule has 2 aliphatic heterocycles. The van der Waals surface area contributed by atoms with Gasteiger partial charge in [-0.15, -0.1) is 0 Å². The van der Waals surface area contributed by atoms with Gasteiger partial charge in [0.1, 0.15) is 17.3 Å². The summed E-state index contributed by atoms with van der Waals surface area (Å²) >= 11 is 1.29. The number of benzene rings is 2. The first-order chi connectivity index (χ1) is 14.8. The van der Waals surface area contributed by atoms with Gasteiger partial charge in [-0.3, -0.25) is 4.79 Å². The van der Waals surface area contributed by atoms with Crippen molar-refractivity contribution in [1.82, 2.24) is 0 Å². The maximum absolute atomic E-state index is 13.1. The summed E-state index contributed by atoms with van der Waals surface area (Å²) < 4.78 is 48.4. The Hall–Kier alpha value is -2.59. The first-order valence-electron chi connectivity index (χ1n) is 9.54. The summed E-state index contributed by atoms with van der Waals surface area (Å²) in [6.45, 7) is 0. The van der Waals surface area contributed by atoms with Crippen molar-refractivity contribution in [3.8, 4) is 11.5 Å². The molecule has 7 nitrogen and oxygen atoms in total. The molecule has 1 amide bonds.